The van der Waals surface area contributed by atoms with Crippen molar-refractivity contribution in [2.24, 2.45) is 0 Å². The van der Waals surface area contributed by atoms with Crippen LogP contribution in [0.3, 0.4) is 0 Å². The Morgan fingerprint density at radius 2 is 1.74 bits per heavy atom. The first-order valence-electron chi connectivity index (χ1n) is 8.43. The number of phenolic OH excluding ortho intramolecular Hbond substituents is 1. The average molecular weight is 383 g/mol. The van der Waals surface area contributed by atoms with Gasteiger partial charge in [-0.1, -0.05) is 51.1 Å². The molecule has 0 aromatic heterocycles. The van der Waals surface area contributed by atoms with Crippen LogP contribution in [-0.2, 0) is 6.18 Å². The van der Waals surface area contributed by atoms with Crippen LogP contribution in [0, 0.1) is 17.0 Å². The second kappa shape index (κ2) is 11.7. The van der Waals surface area contributed by atoms with Gasteiger partial charge >= 0.3 is 6.18 Å². The zero-order chi connectivity index (χ0) is 21.0. The van der Waals surface area contributed by atoms with E-state index in [-0.39, 0.29) is 17.0 Å². The van der Waals surface area contributed by atoms with Crippen LogP contribution in [0.2, 0.25) is 0 Å². The molecule has 7 heteroatoms. The smallest absolute Gasteiger partial charge is 0.416 e. The molecule has 2 aromatic carbocycles. The van der Waals surface area contributed by atoms with Gasteiger partial charge in [0, 0.05) is 17.7 Å². The van der Waals surface area contributed by atoms with E-state index in [4.69, 9.17) is 0 Å². The van der Waals surface area contributed by atoms with Crippen molar-refractivity contribution in [3.05, 3.63) is 75.3 Å². The van der Waals surface area contributed by atoms with E-state index in [1.807, 2.05) is 26.8 Å². The van der Waals surface area contributed by atoms with Crippen molar-refractivity contribution in [3.63, 3.8) is 0 Å². The first kappa shape index (κ1) is 24.2. The largest absolute Gasteiger partial charge is 0.507 e. The average Bonchev–Trinajstić information content (AvgIpc) is 2.62. The SMILES string of the molecule is CC.CC/C=C\c1cc([N+](=O)[O-])ccc1O.Cc1ccccc1C(F)(F)F. The number of nitrogens with zero attached hydrogens (tertiary/aromatic N) is 1. The Labute approximate surface area is 157 Å². The van der Waals surface area contributed by atoms with Crippen LogP contribution in [-0.4, -0.2) is 10.0 Å². The van der Waals surface area contributed by atoms with Gasteiger partial charge < -0.3 is 5.11 Å². The highest BCUT2D eigenvalue weighted by molar-refractivity contribution is 5.60. The summed E-state index contributed by atoms with van der Waals surface area (Å²) in [5.41, 5.74) is 0.166. The summed E-state index contributed by atoms with van der Waals surface area (Å²) < 4.78 is 36.1. The van der Waals surface area contributed by atoms with Gasteiger partial charge in [-0.3, -0.25) is 10.1 Å². The van der Waals surface area contributed by atoms with Gasteiger partial charge in [0.2, 0.25) is 0 Å². The van der Waals surface area contributed by atoms with Gasteiger partial charge in [-0.05, 0) is 31.0 Å². The lowest BCUT2D eigenvalue weighted by Gasteiger charge is -2.08. The fourth-order valence-corrected chi connectivity index (χ4v) is 1.92. The lowest BCUT2D eigenvalue weighted by Crippen LogP contribution is -2.06. The number of hydrogen-bond acceptors (Lipinski definition) is 3. The molecule has 0 bridgehead atoms. The van der Waals surface area contributed by atoms with Gasteiger partial charge in [0.1, 0.15) is 5.75 Å². The van der Waals surface area contributed by atoms with Crippen LogP contribution < -0.4 is 0 Å². The quantitative estimate of drug-likeness (QED) is 0.470. The van der Waals surface area contributed by atoms with E-state index >= 15 is 0 Å². The third-order valence-electron chi connectivity index (χ3n) is 3.21. The minimum absolute atomic E-state index is 0.0152. The van der Waals surface area contributed by atoms with Crippen LogP contribution in [0.15, 0.2) is 48.5 Å². The molecule has 1 N–H and O–H groups in total. The monoisotopic (exact) mass is 383 g/mol. The van der Waals surface area contributed by atoms with Crippen molar-refractivity contribution in [2.75, 3.05) is 0 Å². The second-order valence-corrected chi connectivity index (χ2v) is 5.12. The first-order chi connectivity index (χ1) is 12.7. The van der Waals surface area contributed by atoms with E-state index in [1.54, 1.807) is 12.1 Å². The Hall–Kier alpha value is -2.83. The predicted molar refractivity (Wildman–Crippen MR) is 102 cm³/mol. The van der Waals surface area contributed by atoms with E-state index in [1.165, 1.54) is 37.3 Å². The van der Waals surface area contributed by atoms with Gasteiger partial charge in [0.25, 0.3) is 5.69 Å². The minimum Gasteiger partial charge on any atom is -0.507 e. The van der Waals surface area contributed by atoms with Gasteiger partial charge in [-0.15, -0.1) is 0 Å². The highest BCUT2D eigenvalue weighted by Gasteiger charge is 2.31. The molecule has 148 valence electrons. The van der Waals surface area contributed by atoms with Crippen molar-refractivity contribution in [2.45, 2.75) is 40.3 Å². The fraction of sp³-hybridized carbons (Fsp3) is 0.300. The van der Waals surface area contributed by atoms with Crippen LogP contribution in [0.5, 0.6) is 5.75 Å². The first-order valence-corrected chi connectivity index (χ1v) is 8.43. The molecule has 0 aliphatic heterocycles. The van der Waals surface area contributed by atoms with Crippen LogP contribution in [0.4, 0.5) is 18.9 Å². The van der Waals surface area contributed by atoms with Gasteiger partial charge in [-0.2, -0.15) is 13.2 Å². The molecule has 0 unspecified atom stereocenters. The van der Waals surface area contributed by atoms with Crippen molar-refractivity contribution >= 4 is 11.8 Å². The predicted octanol–water partition coefficient (Wildman–Crippen LogP) is 6.76. The molecular formula is C20H24F3NO3. The number of aryl methyl sites for hydroxylation is 1. The number of nitro benzene ring substituents is 1. The Kier molecular flexibility index (Phi) is 10.5. The Morgan fingerprint density at radius 1 is 1.15 bits per heavy atom. The highest BCUT2D eigenvalue weighted by Crippen LogP contribution is 2.31. The number of rotatable bonds is 3. The molecule has 0 heterocycles. The molecule has 0 radical (unpaired) electrons. The number of nitro groups is 1. The van der Waals surface area contributed by atoms with Crippen LogP contribution in [0.1, 0.15) is 43.9 Å². The molecule has 0 aliphatic carbocycles. The molecule has 0 amide bonds. The highest BCUT2D eigenvalue weighted by atomic mass is 19.4. The minimum atomic E-state index is -4.22. The van der Waals surface area contributed by atoms with Crippen molar-refractivity contribution < 1.29 is 23.2 Å². The summed E-state index contributed by atoms with van der Waals surface area (Å²) in [5.74, 6) is 0.0558. The normalized spacial score (nSPS) is 10.5. The number of alkyl halides is 3. The summed E-state index contributed by atoms with van der Waals surface area (Å²) in [6.45, 7) is 7.40. The summed E-state index contributed by atoms with van der Waals surface area (Å²) in [7, 11) is 0. The lowest BCUT2D eigenvalue weighted by atomic mass is 10.1. The van der Waals surface area contributed by atoms with Crippen molar-refractivity contribution in [1.82, 2.24) is 0 Å². The molecule has 0 atom stereocenters. The number of aromatic hydroxyl groups is 1. The molecule has 0 fully saturated rings. The molecule has 0 aliphatic rings. The summed E-state index contributed by atoms with van der Waals surface area (Å²) >= 11 is 0. The lowest BCUT2D eigenvalue weighted by molar-refractivity contribution is -0.384. The van der Waals surface area contributed by atoms with Gasteiger partial charge in [0.05, 0.1) is 10.5 Å². The van der Waals surface area contributed by atoms with E-state index in [2.05, 4.69) is 0 Å². The zero-order valence-electron chi connectivity index (χ0n) is 15.7. The molecule has 2 rings (SSSR count). The molecule has 27 heavy (non-hydrogen) atoms. The standard InChI is InChI=1S/C10H11NO3.C8H7F3.C2H6/c1-2-3-4-8-7-9(11(13)14)5-6-10(8)12;1-6-4-2-3-5-7(6)8(9,10)11;1-2/h3-7,12H,2H2,1H3;2-5H,1H3;1-2H3/b4-3-;;. The number of benzene rings is 2. The van der Waals surface area contributed by atoms with Gasteiger partial charge in [-0.25, -0.2) is 0 Å². The Bertz CT molecular complexity index is 756. The maximum absolute atomic E-state index is 12.0. The Balaban J connectivity index is 0.000000469. The summed E-state index contributed by atoms with van der Waals surface area (Å²) in [4.78, 5) is 9.95. The maximum Gasteiger partial charge on any atom is 0.416 e. The molecular weight excluding hydrogens is 359 g/mol. The second-order valence-electron chi connectivity index (χ2n) is 5.12. The number of phenols is 1. The third kappa shape index (κ3) is 8.40. The fourth-order valence-electron chi connectivity index (χ4n) is 1.92. The molecule has 0 saturated heterocycles. The van der Waals surface area contributed by atoms with E-state index < -0.39 is 16.7 Å². The molecule has 4 nitrogen and oxygen atoms in total. The van der Waals surface area contributed by atoms with E-state index in [0.717, 1.165) is 12.5 Å². The van der Waals surface area contributed by atoms with Crippen molar-refractivity contribution in [3.8, 4) is 5.75 Å². The molecule has 0 saturated carbocycles. The van der Waals surface area contributed by atoms with Gasteiger partial charge in [0.15, 0.2) is 0 Å². The zero-order valence-corrected chi connectivity index (χ0v) is 15.7. The van der Waals surface area contributed by atoms with E-state index in [9.17, 15) is 28.4 Å². The summed E-state index contributed by atoms with van der Waals surface area (Å²) in [6.07, 6.45) is 0.106. The summed E-state index contributed by atoms with van der Waals surface area (Å²) in [5, 5.41) is 19.8. The molecule has 2 aromatic rings. The maximum atomic E-state index is 12.0. The van der Waals surface area contributed by atoms with E-state index in [0.29, 0.717) is 5.56 Å². The Morgan fingerprint density at radius 3 is 2.19 bits per heavy atom. The van der Waals surface area contributed by atoms with Crippen molar-refractivity contribution in [1.29, 1.82) is 0 Å². The number of halogens is 3. The third-order valence-corrected chi connectivity index (χ3v) is 3.21. The van der Waals surface area contributed by atoms with Crippen LogP contribution in [0.25, 0.3) is 6.08 Å². The topological polar surface area (TPSA) is 63.4 Å². The summed E-state index contributed by atoms with van der Waals surface area (Å²) in [6, 6.07) is 9.45. The molecule has 0 spiro atoms. The number of allylic oxidation sites excluding steroid dienone is 1. The number of hydrogen-bond donors (Lipinski definition) is 1. The number of non-ortho nitro benzene ring substituents is 1. The van der Waals surface area contributed by atoms with Crippen LogP contribution >= 0.6 is 0 Å².